The van der Waals surface area contributed by atoms with Crippen molar-refractivity contribution >= 4 is 35.8 Å². The number of methoxy groups -OCH3 is 1. The summed E-state index contributed by atoms with van der Waals surface area (Å²) in [6.07, 6.45) is 3.49. The second kappa shape index (κ2) is 8.31. The summed E-state index contributed by atoms with van der Waals surface area (Å²) in [5.41, 5.74) is 0.598. The molecule has 1 aliphatic rings. The molecule has 2 aromatic carbocycles. The zero-order chi connectivity index (χ0) is 22.9. The second-order valence-corrected chi connectivity index (χ2v) is 7.80. The van der Waals surface area contributed by atoms with E-state index >= 15 is 0 Å². The zero-order valence-corrected chi connectivity index (χ0v) is 18.2. The van der Waals surface area contributed by atoms with Crippen LogP contribution in [0.15, 0.2) is 60.9 Å². The van der Waals surface area contributed by atoms with Crippen LogP contribution in [-0.2, 0) is 15.1 Å². The highest BCUT2D eigenvalue weighted by Gasteiger charge is 2.49. The van der Waals surface area contributed by atoms with Crippen molar-refractivity contribution in [1.29, 1.82) is 0 Å². The fraction of sp³-hybridized carbons (Fsp3) is 0.182. The fourth-order valence-electron chi connectivity index (χ4n) is 3.56. The number of H-pyrrole nitrogens is 1. The number of urea groups is 1. The largest absolute Gasteiger partial charge is 0.497 e. The molecule has 0 aliphatic carbocycles. The van der Waals surface area contributed by atoms with Gasteiger partial charge in [-0.3, -0.25) is 19.1 Å². The average Bonchev–Trinajstić information content (AvgIpc) is 3.31. The third-order valence-corrected chi connectivity index (χ3v) is 5.62. The molecule has 4 rings (SSSR count). The molecule has 1 atom stereocenters. The molecule has 0 bridgehead atoms. The Morgan fingerprint density at radius 1 is 1.19 bits per heavy atom. The number of nitrogens with one attached hydrogen (secondary N) is 3. The van der Waals surface area contributed by atoms with Gasteiger partial charge in [0.25, 0.3) is 5.91 Å². The summed E-state index contributed by atoms with van der Waals surface area (Å²) in [6, 6.07) is 13.3. The van der Waals surface area contributed by atoms with Crippen molar-refractivity contribution in [2.75, 3.05) is 19.0 Å². The summed E-state index contributed by atoms with van der Waals surface area (Å²) in [4.78, 5) is 42.0. The smallest absolute Gasteiger partial charge is 0.325 e. The van der Waals surface area contributed by atoms with Gasteiger partial charge >= 0.3 is 6.03 Å². The number of rotatable bonds is 6. The molecule has 0 saturated carbocycles. The number of carbonyl (C=O) groups excluding carboxylic acids is 3. The molecule has 4 amide bonds. The number of benzene rings is 2. The molecule has 1 aromatic heterocycles. The van der Waals surface area contributed by atoms with E-state index < -0.39 is 29.9 Å². The molecule has 164 valence electrons. The number of aromatic amines is 1. The van der Waals surface area contributed by atoms with Gasteiger partial charge in [0, 0.05) is 23.8 Å². The highest BCUT2D eigenvalue weighted by molar-refractivity contribution is 7.71. The lowest BCUT2D eigenvalue weighted by Gasteiger charge is -2.22. The Labute approximate surface area is 189 Å². The number of ether oxygens (including phenoxy) is 1. The number of nitrogens with zero attached hydrogens (tertiary/aromatic N) is 2. The first-order valence-electron chi connectivity index (χ1n) is 9.77. The predicted molar refractivity (Wildman–Crippen MR) is 120 cm³/mol. The number of imide groups is 1. The Hall–Kier alpha value is -3.92. The number of amides is 4. The first-order valence-corrected chi connectivity index (χ1v) is 10.2. The van der Waals surface area contributed by atoms with Crippen LogP contribution in [0.1, 0.15) is 12.5 Å². The van der Waals surface area contributed by atoms with E-state index in [2.05, 4.69) is 15.6 Å². The van der Waals surface area contributed by atoms with E-state index in [0.29, 0.717) is 21.8 Å². The van der Waals surface area contributed by atoms with E-state index in [0.717, 1.165) is 10.6 Å². The van der Waals surface area contributed by atoms with E-state index in [1.165, 1.54) is 0 Å². The quantitative estimate of drug-likeness (QED) is 0.394. The van der Waals surface area contributed by atoms with Crippen LogP contribution in [0.3, 0.4) is 0 Å². The van der Waals surface area contributed by atoms with Crippen molar-refractivity contribution in [3.8, 4) is 11.4 Å². The summed E-state index contributed by atoms with van der Waals surface area (Å²) in [6.45, 7) is 1.20. The molecule has 9 nitrogen and oxygen atoms in total. The molecule has 2 heterocycles. The number of anilines is 1. The van der Waals surface area contributed by atoms with Crippen molar-refractivity contribution in [3.05, 3.63) is 71.3 Å². The predicted octanol–water partition coefficient (Wildman–Crippen LogP) is 2.95. The summed E-state index contributed by atoms with van der Waals surface area (Å²) >= 11 is 5.22. The van der Waals surface area contributed by atoms with E-state index in [9.17, 15) is 14.4 Å². The minimum absolute atomic E-state index is 0.412. The summed E-state index contributed by atoms with van der Waals surface area (Å²) in [5, 5.41) is 5.41. The van der Waals surface area contributed by atoms with E-state index in [4.69, 9.17) is 17.0 Å². The van der Waals surface area contributed by atoms with Crippen LogP contribution in [0.25, 0.3) is 5.69 Å². The number of carbonyl (C=O) groups is 3. The molecular formula is C22H21N5O4S. The van der Waals surface area contributed by atoms with Crippen molar-refractivity contribution < 1.29 is 19.1 Å². The highest BCUT2D eigenvalue weighted by atomic mass is 32.1. The van der Waals surface area contributed by atoms with Crippen molar-refractivity contribution in [3.63, 3.8) is 0 Å². The van der Waals surface area contributed by atoms with Crippen LogP contribution < -0.4 is 15.4 Å². The van der Waals surface area contributed by atoms with Gasteiger partial charge in [0.2, 0.25) is 5.91 Å². The fourth-order valence-corrected chi connectivity index (χ4v) is 3.80. The molecule has 3 aromatic rings. The molecule has 1 saturated heterocycles. The molecule has 3 N–H and O–H groups in total. The molecule has 32 heavy (non-hydrogen) atoms. The summed E-state index contributed by atoms with van der Waals surface area (Å²) in [7, 11) is 1.54. The van der Waals surface area contributed by atoms with Crippen molar-refractivity contribution in [2.45, 2.75) is 12.5 Å². The molecule has 1 aliphatic heterocycles. The maximum atomic E-state index is 13.0. The lowest BCUT2D eigenvalue weighted by atomic mass is 9.92. The Kier molecular flexibility index (Phi) is 5.54. The first kappa shape index (κ1) is 21.3. The molecule has 0 radical (unpaired) electrons. The zero-order valence-electron chi connectivity index (χ0n) is 17.4. The number of hydrogen-bond acceptors (Lipinski definition) is 5. The average molecular weight is 452 g/mol. The molecule has 1 unspecified atom stereocenters. The van der Waals surface area contributed by atoms with Gasteiger partial charge < -0.3 is 20.4 Å². The molecular weight excluding hydrogens is 430 g/mol. The lowest BCUT2D eigenvalue weighted by molar-refractivity contribution is -0.133. The van der Waals surface area contributed by atoms with Crippen molar-refractivity contribution in [1.82, 2.24) is 19.8 Å². The normalized spacial score (nSPS) is 17.9. The van der Waals surface area contributed by atoms with Crippen molar-refractivity contribution in [2.24, 2.45) is 0 Å². The third kappa shape index (κ3) is 3.87. The van der Waals surface area contributed by atoms with Crippen LogP contribution in [0.4, 0.5) is 10.5 Å². The number of aromatic nitrogens is 2. The topological polar surface area (TPSA) is 108 Å². The van der Waals surface area contributed by atoms with Gasteiger partial charge in [-0.2, -0.15) is 0 Å². The van der Waals surface area contributed by atoms with Crippen LogP contribution in [0.5, 0.6) is 5.75 Å². The SMILES string of the molecule is COc1ccc(C2(C)NC(=O)N(CC(=O)Nc3cccc(-n4cc[nH]c4=S)c3)C2=O)cc1. The maximum Gasteiger partial charge on any atom is 0.325 e. The molecule has 0 spiro atoms. The van der Waals surface area contributed by atoms with Gasteiger partial charge in [-0.1, -0.05) is 18.2 Å². The van der Waals surface area contributed by atoms with Gasteiger partial charge in [-0.15, -0.1) is 0 Å². The Balaban J connectivity index is 1.48. The third-order valence-electron chi connectivity index (χ3n) is 5.30. The molecule has 10 heteroatoms. The highest BCUT2D eigenvalue weighted by Crippen LogP contribution is 2.30. The van der Waals surface area contributed by atoms with E-state index in [-0.39, 0.29) is 0 Å². The van der Waals surface area contributed by atoms with E-state index in [1.54, 1.807) is 73.5 Å². The number of hydrogen-bond donors (Lipinski definition) is 3. The van der Waals surface area contributed by atoms with Gasteiger partial charge in [-0.05, 0) is 55.0 Å². The summed E-state index contributed by atoms with van der Waals surface area (Å²) < 4.78 is 7.41. The van der Waals surface area contributed by atoms with Gasteiger partial charge in [0.1, 0.15) is 17.8 Å². The van der Waals surface area contributed by atoms with Crippen LogP contribution in [0.2, 0.25) is 0 Å². The van der Waals surface area contributed by atoms with Crippen LogP contribution >= 0.6 is 12.2 Å². The minimum Gasteiger partial charge on any atom is -0.497 e. The minimum atomic E-state index is -1.27. The first-order chi connectivity index (χ1) is 15.3. The van der Waals surface area contributed by atoms with Crippen LogP contribution in [0, 0.1) is 4.77 Å². The maximum absolute atomic E-state index is 13.0. The van der Waals surface area contributed by atoms with Gasteiger partial charge in [0.05, 0.1) is 7.11 Å². The van der Waals surface area contributed by atoms with Gasteiger partial charge in [-0.25, -0.2) is 4.79 Å². The van der Waals surface area contributed by atoms with Gasteiger partial charge in [0.15, 0.2) is 4.77 Å². The monoisotopic (exact) mass is 451 g/mol. The number of imidazole rings is 1. The Bertz CT molecular complexity index is 1250. The molecule has 1 fully saturated rings. The second-order valence-electron chi connectivity index (χ2n) is 7.41. The standard InChI is InChI=1S/C22H21N5O4S/c1-22(14-6-8-17(31-2)9-7-14)19(29)27(20(30)25-22)13-18(28)24-15-4-3-5-16(12-15)26-11-10-23-21(26)32/h3-12H,13H2,1-2H3,(H,23,32)(H,24,28)(H,25,30). The van der Waals surface area contributed by atoms with E-state index in [1.807, 2.05) is 6.07 Å². The lowest BCUT2D eigenvalue weighted by Crippen LogP contribution is -2.42. The summed E-state index contributed by atoms with van der Waals surface area (Å²) in [5.74, 6) is -0.369. The Morgan fingerprint density at radius 2 is 1.94 bits per heavy atom. The van der Waals surface area contributed by atoms with Crippen LogP contribution in [-0.4, -0.2) is 46.0 Å². The Morgan fingerprint density at radius 3 is 2.59 bits per heavy atom.